The molecule has 1 aliphatic carbocycles. The van der Waals surface area contributed by atoms with Crippen LogP contribution in [0.15, 0.2) is 18.5 Å². The third kappa shape index (κ3) is 2.24. The van der Waals surface area contributed by atoms with E-state index in [-0.39, 0.29) is 11.9 Å². The Morgan fingerprint density at radius 2 is 2.25 bits per heavy atom. The van der Waals surface area contributed by atoms with E-state index in [2.05, 4.69) is 31.1 Å². The Bertz CT molecular complexity index is 376. The van der Waals surface area contributed by atoms with Gasteiger partial charge in [-0.05, 0) is 35.9 Å². The predicted octanol–water partition coefficient (Wildman–Crippen LogP) is 2.92. The number of hydrogen-bond acceptors (Lipinski definition) is 2. The van der Waals surface area contributed by atoms with E-state index in [1.54, 1.807) is 12.3 Å². The Morgan fingerprint density at radius 1 is 1.56 bits per heavy atom. The number of nitrogens with zero attached hydrogens (tertiary/aromatic N) is 1. The maximum atomic E-state index is 13.2. The summed E-state index contributed by atoms with van der Waals surface area (Å²) in [4.78, 5) is 3.93. The molecule has 0 radical (unpaired) electrons. The average Bonchev–Trinajstić information content (AvgIpc) is 2.84. The summed E-state index contributed by atoms with van der Waals surface area (Å²) in [5, 5.41) is 3.44. The maximum absolute atomic E-state index is 13.2. The van der Waals surface area contributed by atoms with Crippen molar-refractivity contribution in [1.29, 1.82) is 0 Å². The first-order chi connectivity index (χ1) is 7.54. The zero-order valence-electron chi connectivity index (χ0n) is 10.1. The third-order valence-corrected chi connectivity index (χ3v) is 3.50. The van der Waals surface area contributed by atoms with Crippen LogP contribution in [-0.2, 0) is 0 Å². The second-order valence-electron chi connectivity index (χ2n) is 5.27. The van der Waals surface area contributed by atoms with Gasteiger partial charge in [0.25, 0.3) is 0 Å². The van der Waals surface area contributed by atoms with Gasteiger partial charge < -0.3 is 5.32 Å². The molecule has 0 saturated heterocycles. The molecule has 1 N–H and O–H groups in total. The Labute approximate surface area is 96.3 Å². The molecule has 1 aromatic rings. The van der Waals surface area contributed by atoms with Crippen LogP contribution in [0, 0.1) is 17.2 Å². The lowest BCUT2D eigenvalue weighted by atomic mass is 9.98. The first-order valence-corrected chi connectivity index (χ1v) is 5.88. The summed E-state index contributed by atoms with van der Waals surface area (Å²) in [6.45, 7) is 7.49. The maximum Gasteiger partial charge on any atom is 0.141 e. The highest BCUT2D eigenvalue weighted by Crippen LogP contribution is 2.57. The number of rotatable bonds is 4. The first kappa shape index (κ1) is 11.5. The fourth-order valence-electron chi connectivity index (χ4n) is 2.39. The van der Waals surface area contributed by atoms with Gasteiger partial charge in [-0.15, -0.1) is 0 Å². The normalized spacial score (nSPS) is 24.1. The summed E-state index contributed by atoms with van der Waals surface area (Å²) >= 11 is 0. The highest BCUT2D eigenvalue weighted by molar-refractivity contribution is 5.20. The summed E-state index contributed by atoms with van der Waals surface area (Å²) in [6.07, 6.45) is 4.22. The van der Waals surface area contributed by atoms with Crippen LogP contribution < -0.4 is 5.32 Å². The Balaban J connectivity index is 2.20. The van der Waals surface area contributed by atoms with Crippen molar-refractivity contribution < 1.29 is 4.39 Å². The molecule has 0 aliphatic heterocycles. The fraction of sp³-hybridized carbons (Fsp3) is 0.615. The number of aromatic nitrogens is 1. The minimum Gasteiger partial charge on any atom is -0.310 e. The Morgan fingerprint density at radius 3 is 2.75 bits per heavy atom. The molecule has 2 nitrogen and oxygen atoms in total. The molecule has 1 saturated carbocycles. The molecule has 0 aromatic carbocycles. The van der Waals surface area contributed by atoms with E-state index < -0.39 is 0 Å². The highest BCUT2D eigenvalue weighted by atomic mass is 19.1. The largest absolute Gasteiger partial charge is 0.310 e. The van der Waals surface area contributed by atoms with Crippen LogP contribution in [0.4, 0.5) is 4.39 Å². The van der Waals surface area contributed by atoms with Gasteiger partial charge >= 0.3 is 0 Å². The molecule has 2 atom stereocenters. The minimum absolute atomic E-state index is 0.239. The molecule has 1 heterocycles. The van der Waals surface area contributed by atoms with Gasteiger partial charge in [0.15, 0.2) is 0 Å². The first-order valence-electron chi connectivity index (χ1n) is 5.88. The van der Waals surface area contributed by atoms with Crippen LogP contribution >= 0.6 is 0 Å². The van der Waals surface area contributed by atoms with Crippen molar-refractivity contribution >= 4 is 0 Å². The van der Waals surface area contributed by atoms with E-state index in [0.717, 1.165) is 12.1 Å². The molecule has 0 bridgehead atoms. The van der Waals surface area contributed by atoms with Gasteiger partial charge in [0, 0.05) is 12.2 Å². The van der Waals surface area contributed by atoms with Crippen molar-refractivity contribution in [2.24, 2.45) is 11.3 Å². The highest BCUT2D eigenvalue weighted by Gasteiger charge is 2.50. The zero-order chi connectivity index (χ0) is 11.8. The topological polar surface area (TPSA) is 24.9 Å². The van der Waals surface area contributed by atoms with Crippen molar-refractivity contribution in [2.75, 3.05) is 6.54 Å². The van der Waals surface area contributed by atoms with Crippen molar-refractivity contribution in [3.05, 3.63) is 29.8 Å². The summed E-state index contributed by atoms with van der Waals surface area (Å²) in [6, 6.07) is 1.83. The number of nitrogens with one attached hydrogen (secondary N) is 1. The van der Waals surface area contributed by atoms with Crippen molar-refractivity contribution in [3.8, 4) is 0 Å². The van der Waals surface area contributed by atoms with Gasteiger partial charge in [-0.1, -0.05) is 20.8 Å². The van der Waals surface area contributed by atoms with Crippen LogP contribution in [0.2, 0.25) is 0 Å². The number of pyridine rings is 1. The van der Waals surface area contributed by atoms with Crippen LogP contribution in [0.25, 0.3) is 0 Å². The van der Waals surface area contributed by atoms with Gasteiger partial charge in [-0.3, -0.25) is 4.98 Å². The Kier molecular flexibility index (Phi) is 2.98. The molecule has 3 heteroatoms. The molecular weight excluding hydrogens is 203 g/mol. The lowest BCUT2D eigenvalue weighted by Gasteiger charge is -2.19. The van der Waals surface area contributed by atoms with Crippen molar-refractivity contribution in [1.82, 2.24) is 10.3 Å². The number of halogens is 1. The van der Waals surface area contributed by atoms with Gasteiger partial charge in [-0.25, -0.2) is 4.39 Å². The average molecular weight is 222 g/mol. The van der Waals surface area contributed by atoms with E-state index >= 15 is 0 Å². The molecule has 0 spiro atoms. The van der Waals surface area contributed by atoms with Crippen LogP contribution in [0.1, 0.15) is 38.8 Å². The Hall–Kier alpha value is -0.960. The lowest BCUT2D eigenvalue weighted by Crippen LogP contribution is -2.24. The lowest BCUT2D eigenvalue weighted by molar-refractivity contribution is 0.421. The van der Waals surface area contributed by atoms with E-state index in [9.17, 15) is 4.39 Å². The molecule has 2 unspecified atom stereocenters. The van der Waals surface area contributed by atoms with Gasteiger partial charge in [0.2, 0.25) is 0 Å². The van der Waals surface area contributed by atoms with E-state index in [1.807, 2.05) is 0 Å². The standard InChI is InChI=1S/C13H19FN2/c1-4-16-12(11-6-13(11,2)3)9-5-10(14)8-15-7-9/h5,7-8,11-12,16H,4,6H2,1-3H3. The van der Waals surface area contributed by atoms with Crippen molar-refractivity contribution in [2.45, 2.75) is 33.2 Å². The van der Waals surface area contributed by atoms with E-state index in [1.165, 1.54) is 12.6 Å². The van der Waals surface area contributed by atoms with Crippen molar-refractivity contribution in [3.63, 3.8) is 0 Å². The summed E-state index contributed by atoms with van der Waals surface area (Å²) in [5.41, 5.74) is 1.34. The molecule has 1 aliphatic rings. The molecular formula is C13H19FN2. The summed E-state index contributed by atoms with van der Waals surface area (Å²) < 4.78 is 13.2. The molecule has 0 amide bonds. The van der Waals surface area contributed by atoms with Crippen LogP contribution in [0.5, 0.6) is 0 Å². The third-order valence-electron chi connectivity index (χ3n) is 3.50. The minimum atomic E-state index is -0.251. The molecule has 2 rings (SSSR count). The molecule has 16 heavy (non-hydrogen) atoms. The summed E-state index contributed by atoms with van der Waals surface area (Å²) in [5.74, 6) is 0.343. The van der Waals surface area contributed by atoms with E-state index in [0.29, 0.717) is 11.3 Å². The van der Waals surface area contributed by atoms with Crippen LogP contribution in [-0.4, -0.2) is 11.5 Å². The van der Waals surface area contributed by atoms with Gasteiger partial charge in [0.1, 0.15) is 5.82 Å². The molecule has 88 valence electrons. The molecule has 1 fully saturated rings. The quantitative estimate of drug-likeness (QED) is 0.847. The van der Waals surface area contributed by atoms with E-state index in [4.69, 9.17) is 0 Å². The fourth-order valence-corrected chi connectivity index (χ4v) is 2.39. The zero-order valence-corrected chi connectivity index (χ0v) is 10.1. The van der Waals surface area contributed by atoms with Gasteiger partial charge in [-0.2, -0.15) is 0 Å². The predicted molar refractivity (Wildman–Crippen MR) is 62.5 cm³/mol. The van der Waals surface area contributed by atoms with Crippen LogP contribution in [0.3, 0.4) is 0 Å². The SMILES string of the molecule is CCNC(c1cncc(F)c1)C1CC1(C)C. The molecule has 1 aromatic heterocycles. The number of hydrogen-bond donors (Lipinski definition) is 1. The summed E-state index contributed by atoms with van der Waals surface area (Å²) in [7, 11) is 0. The van der Waals surface area contributed by atoms with Gasteiger partial charge in [0.05, 0.1) is 6.20 Å². The second-order valence-corrected chi connectivity index (χ2v) is 5.27. The monoisotopic (exact) mass is 222 g/mol. The smallest absolute Gasteiger partial charge is 0.141 e. The second kappa shape index (κ2) is 4.13.